The molecule has 0 radical (unpaired) electrons. The standard InChI is InChI=1S/C10H18N4O4/c11-6(5-15)8(17)13-4-7(16)10(9(12)18)2-1-3-14-10/h6,14-15H,1-5,11H2,(H2,12,18)(H,13,17)/t6-,10?/m0/s1. The summed E-state index contributed by atoms with van der Waals surface area (Å²) in [7, 11) is 0. The molecule has 2 amide bonds. The number of nitrogens with one attached hydrogen (secondary N) is 2. The average Bonchev–Trinajstić information content (AvgIpc) is 2.84. The molecule has 18 heavy (non-hydrogen) atoms. The maximum atomic E-state index is 11.9. The number of primary amides is 1. The lowest BCUT2D eigenvalue weighted by molar-refractivity contribution is -0.136. The van der Waals surface area contributed by atoms with Crippen molar-refractivity contribution >= 4 is 17.6 Å². The molecule has 0 saturated carbocycles. The fourth-order valence-corrected chi connectivity index (χ4v) is 1.86. The molecule has 8 nitrogen and oxygen atoms in total. The molecule has 1 aliphatic rings. The summed E-state index contributed by atoms with van der Waals surface area (Å²) in [5.74, 6) is -1.89. The Morgan fingerprint density at radius 3 is 2.56 bits per heavy atom. The van der Waals surface area contributed by atoms with E-state index in [4.69, 9.17) is 16.6 Å². The first kappa shape index (κ1) is 14.6. The Morgan fingerprint density at radius 1 is 1.44 bits per heavy atom. The molecular formula is C10H18N4O4. The van der Waals surface area contributed by atoms with Crippen molar-refractivity contribution < 1.29 is 19.5 Å². The molecular weight excluding hydrogens is 240 g/mol. The molecule has 7 N–H and O–H groups in total. The van der Waals surface area contributed by atoms with Crippen molar-refractivity contribution in [1.29, 1.82) is 0 Å². The first-order chi connectivity index (χ1) is 8.44. The molecule has 0 aromatic rings. The average molecular weight is 258 g/mol. The Bertz CT molecular complexity index is 352. The van der Waals surface area contributed by atoms with Crippen molar-refractivity contribution in [2.45, 2.75) is 24.4 Å². The normalized spacial score (nSPS) is 24.6. The highest BCUT2D eigenvalue weighted by atomic mass is 16.3. The highest BCUT2D eigenvalue weighted by Gasteiger charge is 2.45. The molecule has 1 heterocycles. The van der Waals surface area contributed by atoms with Gasteiger partial charge in [-0.25, -0.2) is 0 Å². The highest BCUT2D eigenvalue weighted by molar-refractivity contribution is 6.11. The number of carbonyl (C=O) groups excluding carboxylic acids is 3. The van der Waals surface area contributed by atoms with Gasteiger partial charge in [-0.1, -0.05) is 0 Å². The lowest BCUT2D eigenvalue weighted by atomic mass is 9.91. The quantitative estimate of drug-likeness (QED) is 0.314. The van der Waals surface area contributed by atoms with Gasteiger partial charge in [-0.15, -0.1) is 0 Å². The molecule has 1 fully saturated rings. The van der Waals surface area contributed by atoms with Crippen LogP contribution in [0.2, 0.25) is 0 Å². The Morgan fingerprint density at radius 2 is 2.11 bits per heavy atom. The van der Waals surface area contributed by atoms with Crippen molar-refractivity contribution in [2.24, 2.45) is 11.5 Å². The van der Waals surface area contributed by atoms with Gasteiger partial charge in [0.2, 0.25) is 11.8 Å². The number of nitrogens with two attached hydrogens (primary N) is 2. The third kappa shape index (κ3) is 2.84. The number of hydrogen-bond acceptors (Lipinski definition) is 6. The number of carbonyl (C=O) groups is 3. The summed E-state index contributed by atoms with van der Waals surface area (Å²) in [5.41, 5.74) is 9.10. The molecule has 0 spiro atoms. The topological polar surface area (TPSA) is 148 Å². The Kier molecular flexibility index (Phi) is 4.76. The number of Topliss-reactive ketones (excluding diaryl/α,β-unsaturated/α-hetero) is 1. The van der Waals surface area contributed by atoms with Crippen molar-refractivity contribution in [3.8, 4) is 0 Å². The predicted octanol–water partition coefficient (Wildman–Crippen LogP) is -3.40. The SMILES string of the molecule is NC(=O)C1(C(=O)CNC(=O)[C@@H](N)CO)CCCN1. The molecule has 1 rings (SSSR count). The first-order valence-electron chi connectivity index (χ1n) is 5.66. The van der Waals surface area contributed by atoms with Crippen LogP contribution in [-0.4, -0.2) is 54.0 Å². The summed E-state index contributed by atoms with van der Waals surface area (Å²) in [6.07, 6.45) is 0.988. The second-order valence-electron chi connectivity index (χ2n) is 4.23. The van der Waals surface area contributed by atoms with Crippen LogP contribution >= 0.6 is 0 Å². The van der Waals surface area contributed by atoms with E-state index in [1.165, 1.54) is 0 Å². The summed E-state index contributed by atoms with van der Waals surface area (Å²) in [6, 6.07) is -1.08. The van der Waals surface area contributed by atoms with Crippen LogP contribution < -0.4 is 22.1 Å². The maximum Gasteiger partial charge on any atom is 0.245 e. The largest absolute Gasteiger partial charge is 0.394 e. The van der Waals surface area contributed by atoms with Gasteiger partial charge in [-0.2, -0.15) is 0 Å². The van der Waals surface area contributed by atoms with E-state index in [1.807, 2.05) is 0 Å². The molecule has 2 atom stereocenters. The number of aliphatic hydroxyl groups excluding tert-OH is 1. The van der Waals surface area contributed by atoms with Gasteiger partial charge in [-0.3, -0.25) is 19.7 Å². The molecule has 0 aromatic heterocycles. The third-order valence-corrected chi connectivity index (χ3v) is 3.01. The highest BCUT2D eigenvalue weighted by Crippen LogP contribution is 2.19. The summed E-state index contributed by atoms with van der Waals surface area (Å²) >= 11 is 0. The molecule has 1 aliphatic heterocycles. The monoisotopic (exact) mass is 258 g/mol. The van der Waals surface area contributed by atoms with E-state index >= 15 is 0 Å². The lowest BCUT2D eigenvalue weighted by Gasteiger charge is -2.24. The van der Waals surface area contributed by atoms with Crippen LogP contribution in [0.1, 0.15) is 12.8 Å². The van der Waals surface area contributed by atoms with Gasteiger partial charge in [0.25, 0.3) is 0 Å². The van der Waals surface area contributed by atoms with Gasteiger partial charge in [-0.05, 0) is 19.4 Å². The van der Waals surface area contributed by atoms with E-state index in [0.29, 0.717) is 19.4 Å². The van der Waals surface area contributed by atoms with Gasteiger partial charge in [0.05, 0.1) is 13.2 Å². The summed E-state index contributed by atoms with van der Waals surface area (Å²) in [5, 5.41) is 13.7. The van der Waals surface area contributed by atoms with Crippen molar-refractivity contribution in [3.05, 3.63) is 0 Å². The predicted molar refractivity (Wildman–Crippen MR) is 62.2 cm³/mol. The van der Waals surface area contributed by atoms with Crippen LogP contribution in [0.4, 0.5) is 0 Å². The van der Waals surface area contributed by atoms with E-state index in [0.717, 1.165) is 0 Å². The van der Waals surface area contributed by atoms with E-state index in [2.05, 4.69) is 10.6 Å². The summed E-state index contributed by atoms with van der Waals surface area (Å²) in [6.45, 7) is -0.333. The van der Waals surface area contributed by atoms with E-state index in [-0.39, 0.29) is 6.54 Å². The van der Waals surface area contributed by atoms with Crippen LogP contribution in [0, 0.1) is 0 Å². The first-order valence-corrected chi connectivity index (χ1v) is 5.66. The minimum absolute atomic E-state index is 0.323. The van der Waals surface area contributed by atoms with E-state index in [1.54, 1.807) is 0 Å². The molecule has 1 saturated heterocycles. The van der Waals surface area contributed by atoms with Crippen LogP contribution in [0.25, 0.3) is 0 Å². The smallest absolute Gasteiger partial charge is 0.245 e. The molecule has 1 unspecified atom stereocenters. The van der Waals surface area contributed by atoms with E-state index in [9.17, 15) is 14.4 Å². The summed E-state index contributed by atoms with van der Waals surface area (Å²) in [4.78, 5) is 34.6. The minimum atomic E-state index is -1.39. The van der Waals surface area contributed by atoms with Crippen LogP contribution in [0.3, 0.4) is 0 Å². The van der Waals surface area contributed by atoms with Crippen LogP contribution in [0.15, 0.2) is 0 Å². The number of aliphatic hydroxyl groups is 1. The van der Waals surface area contributed by atoms with Crippen molar-refractivity contribution in [2.75, 3.05) is 19.7 Å². The van der Waals surface area contributed by atoms with Crippen molar-refractivity contribution in [3.63, 3.8) is 0 Å². The number of amides is 2. The van der Waals surface area contributed by atoms with Gasteiger partial charge < -0.3 is 21.9 Å². The van der Waals surface area contributed by atoms with Gasteiger partial charge >= 0.3 is 0 Å². The summed E-state index contributed by atoms with van der Waals surface area (Å²) < 4.78 is 0. The zero-order valence-corrected chi connectivity index (χ0v) is 9.94. The van der Waals surface area contributed by atoms with Gasteiger partial charge in [0.1, 0.15) is 6.04 Å². The second-order valence-corrected chi connectivity index (χ2v) is 4.23. The zero-order chi connectivity index (χ0) is 13.8. The minimum Gasteiger partial charge on any atom is -0.394 e. The fourth-order valence-electron chi connectivity index (χ4n) is 1.86. The molecule has 0 aromatic carbocycles. The fraction of sp³-hybridized carbons (Fsp3) is 0.700. The van der Waals surface area contributed by atoms with Crippen molar-refractivity contribution in [1.82, 2.24) is 10.6 Å². The third-order valence-electron chi connectivity index (χ3n) is 3.01. The second kappa shape index (κ2) is 5.89. The molecule has 8 heteroatoms. The Labute approximate surface area is 104 Å². The zero-order valence-electron chi connectivity index (χ0n) is 9.94. The van der Waals surface area contributed by atoms with Crippen LogP contribution in [-0.2, 0) is 14.4 Å². The van der Waals surface area contributed by atoms with Crippen LogP contribution in [0.5, 0.6) is 0 Å². The number of hydrogen-bond donors (Lipinski definition) is 5. The maximum absolute atomic E-state index is 11.9. The number of rotatable bonds is 6. The van der Waals surface area contributed by atoms with Gasteiger partial charge in [0.15, 0.2) is 11.3 Å². The lowest BCUT2D eigenvalue weighted by Crippen LogP contribution is -2.60. The molecule has 0 aliphatic carbocycles. The Balaban J connectivity index is 2.59. The van der Waals surface area contributed by atoms with Gasteiger partial charge in [0, 0.05) is 0 Å². The Hall–Kier alpha value is -1.51. The van der Waals surface area contributed by atoms with E-state index < -0.39 is 35.8 Å². The molecule has 102 valence electrons. The number of ketones is 1. The molecule has 0 bridgehead atoms.